The molecule has 3 unspecified atom stereocenters. The van der Waals surface area contributed by atoms with Crippen LogP contribution in [0.2, 0.25) is 0 Å². The molecule has 0 saturated carbocycles. The largest absolute Gasteiger partial charge is 0.497 e. The lowest BCUT2D eigenvalue weighted by molar-refractivity contribution is -0.113. The number of hydrogen-bond donors (Lipinski definition) is 3. The van der Waals surface area contributed by atoms with Gasteiger partial charge in [-0.2, -0.15) is 5.10 Å². The summed E-state index contributed by atoms with van der Waals surface area (Å²) in [5.74, 6) is 1.11. The summed E-state index contributed by atoms with van der Waals surface area (Å²) >= 11 is 1.44. The molecule has 3 aliphatic rings. The summed E-state index contributed by atoms with van der Waals surface area (Å²) in [5.41, 5.74) is 10.1. The number of carbonyl (C=O) groups is 1. The van der Waals surface area contributed by atoms with E-state index < -0.39 is 0 Å². The van der Waals surface area contributed by atoms with Gasteiger partial charge in [0.05, 0.1) is 24.9 Å². The monoisotopic (exact) mass is 464 g/mol. The fourth-order valence-electron chi connectivity index (χ4n) is 4.35. The third-order valence-corrected chi connectivity index (χ3v) is 7.17. The number of methoxy groups -OCH3 is 1. The number of aryl methyl sites for hydroxylation is 1. The van der Waals surface area contributed by atoms with Crippen LogP contribution in [0, 0.1) is 0 Å². The van der Waals surface area contributed by atoms with E-state index in [1.54, 1.807) is 7.11 Å². The summed E-state index contributed by atoms with van der Waals surface area (Å²) in [7, 11) is 1.68. The van der Waals surface area contributed by atoms with Gasteiger partial charge in [-0.15, -0.1) is 0 Å². The Kier molecular flexibility index (Phi) is 6.15. The van der Waals surface area contributed by atoms with Crippen LogP contribution < -0.4 is 20.9 Å². The minimum atomic E-state index is -0.0416. The summed E-state index contributed by atoms with van der Waals surface area (Å²) in [6, 6.07) is 16.6. The average Bonchev–Trinajstić information content (AvgIpc) is 3.47. The Morgan fingerprint density at radius 1 is 1.18 bits per heavy atom. The summed E-state index contributed by atoms with van der Waals surface area (Å²) in [6.07, 6.45) is 6.00. The van der Waals surface area contributed by atoms with Crippen LogP contribution in [0.5, 0.6) is 5.75 Å². The Labute approximate surface area is 198 Å². The summed E-state index contributed by atoms with van der Waals surface area (Å²) in [5, 5.41) is 10.4. The molecule has 3 heterocycles. The Balaban J connectivity index is 1.16. The van der Waals surface area contributed by atoms with Gasteiger partial charge in [0.1, 0.15) is 11.9 Å². The molecule has 0 spiro atoms. The highest BCUT2D eigenvalue weighted by Crippen LogP contribution is 2.35. The molecule has 2 aromatic rings. The maximum atomic E-state index is 12.4. The predicted octanol–water partition coefficient (Wildman–Crippen LogP) is 3.24. The van der Waals surface area contributed by atoms with Crippen LogP contribution in [-0.2, 0) is 11.2 Å². The third kappa shape index (κ3) is 4.51. The first-order valence-electron chi connectivity index (χ1n) is 11.1. The summed E-state index contributed by atoms with van der Waals surface area (Å²) < 4.78 is 5.27. The number of carbonyl (C=O) groups excluding carboxylic acids is 1. The van der Waals surface area contributed by atoms with E-state index in [1.807, 2.05) is 48.8 Å². The predicted molar refractivity (Wildman–Crippen MR) is 131 cm³/mol. The molecule has 3 aliphatic heterocycles. The Bertz CT molecular complexity index is 1060. The fraction of sp³-hybridized carbons (Fsp3) is 0.333. The smallest absolute Gasteiger partial charge is 0.234 e. The molecule has 0 aromatic heterocycles. The van der Waals surface area contributed by atoms with Crippen LogP contribution in [0.15, 0.2) is 66.0 Å². The number of amidine groups is 1. The third-order valence-electron chi connectivity index (χ3n) is 6.20. The number of nitrogens with zero attached hydrogens (tertiary/aromatic N) is 3. The molecular weight excluding hydrogens is 436 g/mol. The van der Waals surface area contributed by atoms with E-state index in [1.165, 1.54) is 22.9 Å². The number of hydrogen-bond acceptors (Lipinski definition) is 8. The molecule has 3 N–H and O–H groups in total. The molecule has 9 heteroatoms. The molecule has 5 rings (SSSR count). The molecule has 3 atom stereocenters. The molecule has 0 bridgehead atoms. The molecule has 1 saturated heterocycles. The highest BCUT2D eigenvalue weighted by atomic mass is 32.2. The molecule has 0 aliphatic carbocycles. The first-order valence-corrected chi connectivity index (χ1v) is 12.1. The topological polar surface area (TPSA) is 81.2 Å². The van der Waals surface area contributed by atoms with Crippen molar-refractivity contribution >= 4 is 28.5 Å². The first-order chi connectivity index (χ1) is 16.1. The zero-order chi connectivity index (χ0) is 22.8. The average molecular weight is 465 g/mol. The summed E-state index contributed by atoms with van der Waals surface area (Å²) in [6.45, 7) is 2.11. The van der Waals surface area contributed by atoms with Gasteiger partial charge in [0.2, 0.25) is 5.91 Å². The van der Waals surface area contributed by atoms with E-state index in [0.29, 0.717) is 5.75 Å². The van der Waals surface area contributed by atoms with Gasteiger partial charge in [0, 0.05) is 18.1 Å². The van der Waals surface area contributed by atoms with E-state index in [2.05, 4.69) is 50.2 Å². The number of nitrogens with one attached hydrogen (secondary N) is 3. The molecule has 0 radical (unpaired) electrons. The lowest BCUT2D eigenvalue weighted by Gasteiger charge is -2.36. The van der Waals surface area contributed by atoms with E-state index in [-0.39, 0.29) is 24.2 Å². The van der Waals surface area contributed by atoms with Crippen molar-refractivity contribution in [2.24, 2.45) is 5.10 Å². The zero-order valence-corrected chi connectivity index (χ0v) is 19.5. The number of fused-ring (bicyclic) bond motifs is 3. The number of amides is 1. The molecule has 172 valence electrons. The minimum Gasteiger partial charge on any atom is -0.497 e. The number of thioether (sulfide) groups is 1. The van der Waals surface area contributed by atoms with Gasteiger partial charge in [-0.1, -0.05) is 43.0 Å². The van der Waals surface area contributed by atoms with E-state index in [4.69, 9.17) is 4.74 Å². The number of anilines is 1. The second-order valence-corrected chi connectivity index (χ2v) is 9.17. The van der Waals surface area contributed by atoms with Gasteiger partial charge < -0.3 is 20.0 Å². The molecule has 8 nitrogen and oxygen atoms in total. The summed E-state index contributed by atoms with van der Waals surface area (Å²) in [4.78, 5) is 14.6. The molecule has 2 aromatic carbocycles. The van der Waals surface area contributed by atoms with Crippen molar-refractivity contribution in [2.75, 3.05) is 18.2 Å². The quantitative estimate of drug-likeness (QED) is 0.606. The van der Waals surface area contributed by atoms with Gasteiger partial charge in [0.15, 0.2) is 5.17 Å². The first kappa shape index (κ1) is 21.7. The van der Waals surface area contributed by atoms with E-state index in [9.17, 15) is 4.79 Å². The molecule has 33 heavy (non-hydrogen) atoms. The lowest BCUT2D eigenvalue weighted by atomic mass is 10.00. The Hall–Kier alpha value is -3.17. The van der Waals surface area contributed by atoms with Gasteiger partial charge in [-0.3, -0.25) is 10.2 Å². The van der Waals surface area contributed by atoms with E-state index >= 15 is 0 Å². The van der Waals surface area contributed by atoms with Crippen LogP contribution in [0.3, 0.4) is 0 Å². The van der Waals surface area contributed by atoms with Crippen molar-refractivity contribution in [3.63, 3.8) is 0 Å². The number of ether oxygens (including phenoxy) is 1. The van der Waals surface area contributed by atoms with Crippen molar-refractivity contribution in [1.29, 1.82) is 0 Å². The zero-order valence-electron chi connectivity index (χ0n) is 18.7. The van der Waals surface area contributed by atoms with Crippen molar-refractivity contribution < 1.29 is 9.53 Å². The van der Waals surface area contributed by atoms with Gasteiger partial charge in [-0.25, -0.2) is 5.43 Å². The van der Waals surface area contributed by atoms with Crippen LogP contribution >= 0.6 is 11.8 Å². The highest BCUT2D eigenvalue weighted by Gasteiger charge is 2.44. The maximum absolute atomic E-state index is 12.4. The fourth-order valence-corrected chi connectivity index (χ4v) is 5.13. The van der Waals surface area contributed by atoms with Crippen molar-refractivity contribution in [1.82, 2.24) is 20.8 Å². The van der Waals surface area contributed by atoms with E-state index in [0.717, 1.165) is 29.4 Å². The standard InChI is InChI=1S/C24H28N6O2S/c1-3-16-4-8-18(9-5-16)25-22(31)15-33-24-27-26-23-21-14-20(28-30(21)13-12-29(23)24)17-6-10-19(32-2)11-7-17/h4-13,20-21,23,26,28H,3,14-15H2,1-2H3,(H,25,31). The normalized spacial score (nSPS) is 23.0. The van der Waals surface area contributed by atoms with Crippen LogP contribution in [0.25, 0.3) is 0 Å². The number of benzene rings is 2. The maximum Gasteiger partial charge on any atom is 0.234 e. The molecular formula is C24H28N6O2S. The van der Waals surface area contributed by atoms with Gasteiger partial charge in [-0.05, 0) is 48.2 Å². The lowest BCUT2D eigenvalue weighted by Crippen LogP contribution is -2.54. The number of hydrazone groups is 1. The van der Waals surface area contributed by atoms with Crippen LogP contribution in [0.4, 0.5) is 5.69 Å². The van der Waals surface area contributed by atoms with Crippen LogP contribution in [0.1, 0.15) is 30.5 Å². The van der Waals surface area contributed by atoms with Gasteiger partial charge >= 0.3 is 0 Å². The Morgan fingerprint density at radius 3 is 2.70 bits per heavy atom. The van der Waals surface area contributed by atoms with Gasteiger partial charge in [0.25, 0.3) is 0 Å². The molecule has 1 fully saturated rings. The molecule has 1 amide bonds. The number of rotatable bonds is 6. The highest BCUT2D eigenvalue weighted by molar-refractivity contribution is 8.14. The number of hydrazine groups is 1. The Morgan fingerprint density at radius 2 is 1.97 bits per heavy atom. The SMILES string of the molecule is CCc1ccc(NC(=O)CSC2=NNC3C4CC(c5ccc(OC)cc5)NN4C=CN23)cc1. The van der Waals surface area contributed by atoms with Crippen molar-refractivity contribution in [3.05, 3.63) is 72.1 Å². The second-order valence-electron chi connectivity index (χ2n) is 8.23. The second kappa shape index (κ2) is 9.36. The van der Waals surface area contributed by atoms with Crippen molar-refractivity contribution in [3.8, 4) is 5.75 Å². The van der Waals surface area contributed by atoms with Crippen LogP contribution in [-0.4, -0.2) is 46.1 Å². The minimum absolute atomic E-state index is 0.0258. The van der Waals surface area contributed by atoms with Crippen molar-refractivity contribution in [2.45, 2.75) is 38.0 Å².